The van der Waals surface area contributed by atoms with E-state index in [9.17, 15) is 14.5 Å². The van der Waals surface area contributed by atoms with E-state index < -0.39 is 10.7 Å². The zero-order valence-electron chi connectivity index (χ0n) is 7.87. The van der Waals surface area contributed by atoms with Gasteiger partial charge in [-0.1, -0.05) is 11.8 Å². The summed E-state index contributed by atoms with van der Waals surface area (Å²) in [4.78, 5) is 9.97. The van der Waals surface area contributed by atoms with E-state index in [1.165, 1.54) is 0 Å². The van der Waals surface area contributed by atoms with Crippen LogP contribution in [0.2, 0.25) is 0 Å². The minimum absolute atomic E-state index is 0.0773. The Kier molecular flexibility index (Phi) is 3.77. The summed E-state index contributed by atoms with van der Waals surface area (Å²) in [5.74, 6) is 4.61. The molecule has 5 heteroatoms. The molecule has 78 valence electrons. The summed E-state index contributed by atoms with van der Waals surface area (Å²) in [6.07, 6.45) is 0.424. The Balaban J connectivity index is 3.09. The summed E-state index contributed by atoms with van der Waals surface area (Å²) in [5.41, 5.74) is 5.09. The Morgan fingerprint density at radius 3 is 2.87 bits per heavy atom. The first-order valence-corrected chi connectivity index (χ1v) is 4.28. The highest BCUT2D eigenvalue weighted by molar-refractivity contribution is 5.50. The molecule has 0 fully saturated rings. The second-order valence-electron chi connectivity index (χ2n) is 2.76. The van der Waals surface area contributed by atoms with Gasteiger partial charge in [0.2, 0.25) is 0 Å². The van der Waals surface area contributed by atoms with Crippen molar-refractivity contribution in [3.63, 3.8) is 0 Å². The van der Waals surface area contributed by atoms with Gasteiger partial charge in [-0.15, -0.1) is 0 Å². The molecular weight excluding hydrogens is 199 g/mol. The summed E-state index contributed by atoms with van der Waals surface area (Å²) in [6, 6.07) is 3.18. The fraction of sp³-hybridized carbons (Fsp3) is 0.200. The predicted octanol–water partition coefficient (Wildman–Crippen LogP) is 1.43. The Morgan fingerprint density at radius 2 is 2.27 bits per heavy atom. The molecule has 4 nitrogen and oxygen atoms in total. The molecule has 0 radical (unpaired) electrons. The third kappa shape index (κ3) is 3.04. The van der Waals surface area contributed by atoms with Crippen molar-refractivity contribution in [1.82, 2.24) is 0 Å². The Bertz CT molecular complexity index is 435. The van der Waals surface area contributed by atoms with Gasteiger partial charge in [-0.3, -0.25) is 10.1 Å². The van der Waals surface area contributed by atoms with Gasteiger partial charge in [0.25, 0.3) is 5.69 Å². The van der Waals surface area contributed by atoms with Crippen molar-refractivity contribution in [2.24, 2.45) is 5.73 Å². The van der Waals surface area contributed by atoms with Gasteiger partial charge in [-0.05, 0) is 12.1 Å². The van der Waals surface area contributed by atoms with Crippen LogP contribution < -0.4 is 5.73 Å². The molecular formula is C10H9FN2O2. The third-order valence-electron chi connectivity index (χ3n) is 1.65. The summed E-state index contributed by atoms with van der Waals surface area (Å²) >= 11 is 0. The topological polar surface area (TPSA) is 69.2 Å². The summed E-state index contributed by atoms with van der Waals surface area (Å²) < 4.78 is 12.8. The van der Waals surface area contributed by atoms with Crippen LogP contribution in [-0.2, 0) is 0 Å². The van der Waals surface area contributed by atoms with Crippen molar-refractivity contribution in [3.8, 4) is 11.8 Å². The number of nitro groups is 1. The fourth-order valence-electron chi connectivity index (χ4n) is 0.997. The Hall–Kier alpha value is -1.93. The smallest absolute Gasteiger partial charge is 0.285 e. The molecule has 15 heavy (non-hydrogen) atoms. The zero-order valence-corrected chi connectivity index (χ0v) is 7.87. The van der Waals surface area contributed by atoms with E-state index in [1.807, 2.05) is 0 Å². The molecule has 0 saturated heterocycles. The van der Waals surface area contributed by atoms with Crippen molar-refractivity contribution >= 4 is 5.69 Å². The van der Waals surface area contributed by atoms with Crippen LogP contribution in [0.1, 0.15) is 12.0 Å². The van der Waals surface area contributed by atoms with E-state index in [0.717, 1.165) is 18.2 Å². The standard InChI is InChI=1S/C10H9FN2O2/c11-9-4-5-10(13(14)15)8(7-9)3-1-2-6-12/h4-5,7H,2,6,12H2. The molecule has 0 aliphatic rings. The molecule has 0 aliphatic heterocycles. The first kappa shape index (κ1) is 11.1. The molecule has 0 amide bonds. The summed E-state index contributed by atoms with van der Waals surface area (Å²) in [7, 11) is 0. The fourth-order valence-corrected chi connectivity index (χ4v) is 0.997. The van der Waals surface area contributed by atoms with Crippen LogP contribution in [0.4, 0.5) is 10.1 Å². The SMILES string of the molecule is NCCC#Cc1cc(F)ccc1[N+](=O)[O-]. The lowest BCUT2D eigenvalue weighted by Crippen LogP contribution is -1.96. The molecule has 0 heterocycles. The van der Waals surface area contributed by atoms with Crippen LogP contribution in [-0.4, -0.2) is 11.5 Å². The minimum Gasteiger partial charge on any atom is -0.330 e. The highest BCUT2D eigenvalue weighted by Gasteiger charge is 2.11. The first-order valence-electron chi connectivity index (χ1n) is 4.28. The molecule has 0 aliphatic carbocycles. The van der Waals surface area contributed by atoms with Crippen LogP contribution in [0.5, 0.6) is 0 Å². The second kappa shape index (κ2) is 5.08. The Morgan fingerprint density at radius 1 is 1.53 bits per heavy atom. The first-order chi connectivity index (χ1) is 7.15. The van der Waals surface area contributed by atoms with E-state index in [4.69, 9.17) is 5.73 Å². The highest BCUT2D eigenvalue weighted by atomic mass is 19.1. The van der Waals surface area contributed by atoms with E-state index in [0.29, 0.717) is 13.0 Å². The molecule has 1 rings (SSSR count). The quantitative estimate of drug-likeness (QED) is 0.454. The van der Waals surface area contributed by atoms with Gasteiger partial charge < -0.3 is 5.73 Å². The van der Waals surface area contributed by atoms with Gasteiger partial charge in [0.05, 0.1) is 4.92 Å². The number of nitrogens with zero attached hydrogens (tertiary/aromatic N) is 1. The summed E-state index contributed by atoms with van der Waals surface area (Å²) in [5, 5.41) is 10.6. The second-order valence-corrected chi connectivity index (χ2v) is 2.76. The van der Waals surface area contributed by atoms with Crippen LogP contribution in [0.25, 0.3) is 0 Å². The molecule has 0 spiro atoms. The third-order valence-corrected chi connectivity index (χ3v) is 1.65. The predicted molar refractivity (Wildman–Crippen MR) is 53.6 cm³/mol. The lowest BCUT2D eigenvalue weighted by atomic mass is 10.2. The van der Waals surface area contributed by atoms with E-state index >= 15 is 0 Å². The lowest BCUT2D eigenvalue weighted by molar-refractivity contribution is -0.385. The molecule has 0 saturated carbocycles. The average Bonchev–Trinajstić information content (AvgIpc) is 2.18. The van der Waals surface area contributed by atoms with Crippen molar-refractivity contribution in [2.75, 3.05) is 6.54 Å². The maximum absolute atomic E-state index is 12.8. The van der Waals surface area contributed by atoms with Gasteiger partial charge in [0, 0.05) is 19.0 Å². The number of nitro benzene ring substituents is 1. The molecule has 1 aromatic rings. The van der Waals surface area contributed by atoms with Gasteiger partial charge in [0.15, 0.2) is 0 Å². The number of halogens is 1. The molecule has 0 aromatic heterocycles. The van der Waals surface area contributed by atoms with Crippen LogP contribution >= 0.6 is 0 Å². The number of hydrogen-bond donors (Lipinski definition) is 1. The summed E-state index contributed by atoms with van der Waals surface area (Å²) in [6.45, 7) is 0.371. The molecule has 1 aromatic carbocycles. The van der Waals surface area contributed by atoms with Gasteiger partial charge >= 0.3 is 0 Å². The maximum Gasteiger partial charge on any atom is 0.285 e. The van der Waals surface area contributed by atoms with E-state index in [-0.39, 0.29) is 11.3 Å². The number of hydrogen-bond acceptors (Lipinski definition) is 3. The molecule has 2 N–H and O–H groups in total. The minimum atomic E-state index is -0.591. The van der Waals surface area contributed by atoms with E-state index in [1.54, 1.807) is 0 Å². The lowest BCUT2D eigenvalue weighted by Gasteiger charge is -1.95. The van der Waals surface area contributed by atoms with Crippen molar-refractivity contribution < 1.29 is 9.31 Å². The van der Waals surface area contributed by atoms with Crippen LogP contribution in [0.15, 0.2) is 18.2 Å². The van der Waals surface area contributed by atoms with Crippen molar-refractivity contribution in [2.45, 2.75) is 6.42 Å². The number of nitrogens with two attached hydrogens (primary N) is 1. The normalized spacial score (nSPS) is 9.20. The van der Waals surface area contributed by atoms with Gasteiger partial charge in [-0.2, -0.15) is 0 Å². The largest absolute Gasteiger partial charge is 0.330 e. The average molecular weight is 208 g/mol. The molecule has 0 bridgehead atoms. The van der Waals surface area contributed by atoms with Crippen molar-refractivity contribution in [1.29, 1.82) is 0 Å². The van der Waals surface area contributed by atoms with Gasteiger partial charge in [0.1, 0.15) is 11.4 Å². The zero-order chi connectivity index (χ0) is 11.3. The maximum atomic E-state index is 12.8. The number of benzene rings is 1. The van der Waals surface area contributed by atoms with Crippen LogP contribution in [0.3, 0.4) is 0 Å². The molecule has 0 unspecified atom stereocenters. The highest BCUT2D eigenvalue weighted by Crippen LogP contribution is 2.18. The van der Waals surface area contributed by atoms with Crippen molar-refractivity contribution in [3.05, 3.63) is 39.7 Å². The van der Waals surface area contributed by atoms with Gasteiger partial charge in [-0.25, -0.2) is 4.39 Å². The molecule has 0 atom stereocenters. The monoisotopic (exact) mass is 208 g/mol. The number of rotatable bonds is 2. The van der Waals surface area contributed by atoms with E-state index in [2.05, 4.69) is 11.8 Å². The Labute approximate surface area is 86.0 Å². The van der Waals surface area contributed by atoms with Crippen LogP contribution in [0, 0.1) is 27.8 Å².